The Morgan fingerprint density at radius 2 is 1.85 bits per heavy atom. The molecule has 2 N–H and O–H groups in total. The highest BCUT2D eigenvalue weighted by atomic mass is 16.7. The van der Waals surface area contributed by atoms with E-state index < -0.39 is 18.9 Å². The molecule has 0 bridgehead atoms. The number of rotatable bonds is 5. The van der Waals surface area contributed by atoms with Gasteiger partial charge in [0, 0.05) is 0 Å². The van der Waals surface area contributed by atoms with Gasteiger partial charge in [0.2, 0.25) is 0 Å². The molecule has 5 heteroatoms. The van der Waals surface area contributed by atoms with Crippen molar-refractivity contribution in [3.8, 4) is 0 Å². The molecule has 1 unspecified atom stereocenters. The van der Waals surface area contributed by atoms with E-state index in [-0.39, 0.29) is 19.1 Å². The second-order valence-electron chi connectivity index (χ2n) is 3.10. The predicted molar refractivity (Wildman–Crippen MR) is 45.2 cm³/mol. The Morgan fingerprint density at radius 1 is 1.31 bits per heavy atom. The zero-order valence-electron chi connectivity index (χ0n) is 7.90. The molecule has 0 heterocycles. The Bertz CT molecular complexity index is 145. The molecule has 78 valence electrons. The van der Waals surface area contributed by atoms with Crippen LogP contribution in [0.1, 0.15) is 13.8 Å². The summed E-state index contributed by atoms with van der Waals surface area (Å²) in [6.45, 7) is 3.41. The fourth-order valence-electron chi connectivity index (χ4n) is 0.493. The van der Waals surface area contributed by atoms with E-state index in [2.05, 4.69) is 9.47 Å². The van der Waals surface area contributed by atoms with Gasteiger partial charge in [-0.25, -0.2) is 4.79 Å². The topological polar surface area (TPSA) is 76.0 Å². The quantitative estimate of drug-likeness (QED) is 0.606. The first-order valence-corrected chi connectivity index (χ1v) is 4.14. The van der Waals surface area contributed by atoms with Crippen molar-refractivity contribution < 1.29 is 24.5 Å². The molecule has 0 rings (SSSR count). The number of aliphatic hydroxyl groups is 2. The SMILES string of the molecule is CC(C)COC(=O)OCC(O)CO. The minimum Gasteiger partial charge on any atom is -0.434 e. The molecule has 13 heavy (non-hydrogen) atoms. The van der Waals surface area contributed by atoms with Gasteiger partial charge < -0.3 is 19.7 Å². The minimum absolute atomic E-state index is 0.243. The molecular formula is C8H16O5. The number of hydrogen-bond donors (Lipinski definition) is 2. The lowest BCUT2D eigenvalue weighted by atomic mass is 10.2. The lowest BCUT2D eigenvalue weighted by Gasteiger charge is -2.09. The molecule has 0 aliphatic heterocycles. The highest BCUT2D eigenvalue weighted by molar-refractivity contribution is 5.59. The van der Waals surface area contributed by atoms with E-state index in [0.717, 1.165) is 0 Å². The van der Waals surface area contributed by atoms with E-state index >= 15 is 0 Å². The van der Waals surface area contributed by atoms with Crippen molar-refractivity contribution in [1.29, 1.82) is 0 Å². The second kappa shape index (κ2) is 6.68. The number of hydrogen-bond acceptors (Lipinski definition) is 5. The molecule has 0 aromatic carbocycles. The van der Waals surface area contributed by atoms with Crippen molar-refractivity contribution in [3.05, 3.63) is 0 Å². The molecule has 0 radical (unpaired) electrons. The smallest absolute Gasteiger partial charge is 0.434 e. The summed E-state index contributed by atoms with van der Waals surface area (Å²) in [4.78, 5) is 10.7. The Kier molecular flexibility index (Phi) is 6.26. The Balaban J connectivity index is 3.40. The van der Waals surface area contributed by atoms with Crippen LogP contribution in [0, 0.1) is 5.92 Å². The van der Waals surface area contributed by atoms with E-state index in [0.29, 0.717) is 0 Å². The van der Waals surface area contributed by atoms with Crippen LogP contribution < -0.4 is 0 Å². The van der Waals surface area contributed by atoms with Crippen molar-refractivity contribution >= 4 is 6.16 Å². The summed E-state index contributed by atoms with van der Waals surface area (Å²) < 4.78 is 9.12. The van der Waals surface area contributed by atoms with Gasteiger partial charge in [-0.1, -0.05) is 13.8 Å². The van der Waals surface area contributed by atoms with Crippen molar-refractivity contribution in [3.63, 3.8) is 0 Å². The second-order valence-corrected chi connectivity index (χ2v) is 3.10. The molecule has 0 saturated heterocycles. The fraction of sp³-hybridized carbons (Fsp3) is 0.875. The van der Waals surface area contributed by atoms with Gasteiger partial charge >= 0.3 is 6.16 Å². The molecule has 0 aromatic rings. The number of aliphatic hydroxyl groups excluding tert-OH is 2. The first kappa shape index (κ1) is 12.2. The van der Waals surface area contributed by atoms with Crippen LogP contribution in [0.2, 0.25) is 0 Å². The monoisotopic (exact) mass is 192 g/mol. The van der Waals surface area contributed by atoms with Crippen LogP contribution in [0.5, 0.6) is 0 Å². The van der Waals surface area contributed by atoms with E-state index in [9.17, 15) is 4.79 Å². The van der Waals surface area contributed by atoms with Crippen molar-refractivity contribution in [2.75, 3.05) is 19.8 Å². The standard InChI is InChI=1S/C8H16O5/c1-6(2)4-12-8(11)13-5-7(10)3-9/h6-7,9-10H,3-5H2,1-2H3. The van der Waals surface area contributed by atoms with Gasteiger partial charge in [0.15, 0.2) is 0 Å². The van der Waals surface area contributed by atoms with Crippen molar-refractivity contribution in [1.82, 2.24) is 0 Å². The van der Waals surface area contributed by atoms with Crippen LogP contribution in [-0.4, -0.2) is 42.3 Å². The molecule has 0 fully saturated rings. The molecule has 0 aromatic heterocycles. The third kappa shape index (κ3) is 7.55. The Morgan fingerprint density at radius 3 is 2.31 bits per heavy atom. The Hall–Kier alpha value is -0.810. The summed E-state index contributed by atoms with van der Waals surface area (Å²) in [6, 6.07) is 0. The molecule has 0 spiro atoms. The van der Waals surface area contributed by atoms with E-state index in [1.54, 1.807) is 0 Å². The first-order chi connectivity index (χ1) is 6.06. The summed E-state index contributed by atoms with van der Waals surface area (Å²) in [6.07, 6.45) is -1.85. The maximum absolute atomic E-state index is 10.7. The predicted octanol–water partition coefficient (Wildman–Crippen LogP) is 0.149. The molecule has 1 atom stereocenters. The summed E-state index contributed by atoms with van der Waals surface area (Å²) in [5, 5.41) is 17.2. The lowest BCUT2D eigenvalue weighted by molar-refractivity contribution is -0.00228. The van der Waals surface area contributed by atoms with Crippen LogP contribution in [0.4, 0.5) is 4.79 Å². The summed E-state index contributed by atoms with van der Waals surface area (Å²) in [7, 11) is 0. The van der Waals surface area contributed by atoms with Crippen LogP contribution in [0.15, 0.2) is 0 Å². The van der Waals surface area contributed by atoms with Gasteiger partial charge in [0.1, 0.15) is 12.7 Å². The molecule has 0 amide bonds. The minimum atomic E-state index is -1.04. The van der Waals surface area contributed by atoms with Crippen LogP contribution >= 0.6 is 0 Å². The largest absolute Gasteiger partial charge is 0.508 e. The first-order valence-electron chi connectivity index (χ1n) is 4.14. The zero-order valence-corrected chi connectivity index (χ0v) is 7.90. The maximum Gasteiger partial charge on any atom is 0.508 e. The van der Waals surface area contributed by atoms with E-state index in [4.69, 9.17) is 10.2 Å². The molecule has 5 nitrogen and oxygen atoms in total. The van der Waals surface area contributed by atoms with Crippen LogP contribution in [0.25, 0.3) is 0 Å². The lowest BCUT2D eigenvalue weighted by Crippen LogP contribution is -2.23. The summed E-state index contributed by atoms with van der Waals surface area (Å²) in [5.41, 5.74) is 0. The average Bonchev–Trinajstić information content (AvgIpc) is 2.10. The van der Waals surface area contributed by atoms with Gasteiger partial charge in [0.05, 0.1) is 13.2 Å². The van der Waals surface area contributed by atoms with Gasteiger partial charge in [-0.2, -0.15) is 0 Å². The number of ether oxygens (including phenoxy) is 2. The highest BCUT2D eigenvalue weighted by Gasteiger charge is 2.08. The van der Waals surface area contributed by atoms with E-state index in [1.807, 2.05) is 13.8 Å². The van der Waals surface area contributed by atoms with Gasteiger partial charge in [-0.3, -0.25) is 0 Å². The van der Waals surface area contributed by atoms with Crippen LogP contribution in [0.3, 0.4) is 0 Å². The molecule has 0 aliphatic carbocycles. The highest BCUT2D eigenvalue weighted by Crippen LogP contribution is 1.95. The zero-order chi connectivity index (χ0) is 10.3. The maximum atomic E-state index is 10.7. The third-order valence-electron chi connectivity index (χ3n) is 1.14. The number of carbonyl (C=O) groups is 1. The fourth-order valence-corrected chi connectivity index (χ4v) is 0.493. The third-order valence-corrected chi connectivity index (χ3v) is 1.14. The van der Waals surface area contributed by atoms with Crippen molar-refractivity contribution in [2.24, 2.45) is 5.92 Å². The van der Waals surface area contributed by atoms with E-state index in [1.165, 1.54) is 0 Å². The Labute approximate surface area is 77.3 Å². The molecular weight excluding hydrogens is 176 g/mol. The van der Waals surface area contributed by atoms with Gasteiger partial charge in [-0.05, 0) is 5.92 Å². The van der Waals surface area contributed by atoms with Gasteiger partial charge in [-0.15, -0.1) is 0 Å². The van der Waals surface area contributed by atoms with Crippen molar-refractivity contribution in [2.45, 2.75) is 20.0 Å². The van der Waals surface area contributed by atoms with Gasteiger partial charge in [0.25, 0.3) is 0 Å². The molecule has 0 saturated carbocycles. The average molecular weight is 192 g/mol. The summed E-state index contributed by atoms with van der Waals surface area (Å²) >= 11 is 0. The normalized spacial score (nSPS) is 12.7. The number of carbonyl (C=O) groups excluding carboxylic acids is 1. The van der Waals surface area contributed by atoms with Crippen LogP contribution in [-0.2, 0) is 9.47 Å². The summed E-state index contributed by atoms with van der Waals surface area (Å²) in [5.74, 6) is 0.246. The molecule has 0 aliphatic rings.